The number of aryl methyl sites for hydroxylation is 1. The van der Waals surface area contributed by atoms with Crippen LogP contribution in [0.5, 0.6) is 11.5 Å². The maximum atomic E-state index is 13.1. The molecule has 4 heteroatoms. The number of hydrogen-bond acceptors (Lipinski definition) is 2. The first-order chi connectivity index (χ1) is 9.50. The van der Waals surface area contributed by atoms with Gasteiger partial charge in [0.1, 0.15) is 18.1 Å². The van der Waals surface area contributed by atoms with Crippen molar-refractivity contribution in [1.82, 2.24) is 0 Å². The van der Waals surface area contributed by atoms with E-state index in [9.17, 15) is 13.9 Å². The molecule has 0 saturated heterocycles. The maximum Gasteiger partial charge on any atom is 0.267 e. The van der Waals surface area contributed by atoms with E-state index in [0.29, 0.717) is 5.56 Å². The molecule has 0 radical (unpaired) electrons. The van der Waals surface area contributed by atoms with Gasteiger partial charge in [0.2, 0.25) is 0 Å². The van der Waals surface area contributed by atoms with Gasteiger partial charge in [-0.2, -0.15) is 0 Å². The molecule has 1 N–H and O–H groups in total. The van der Waals surface area contributed by atoms with Gasteiger partial charge in [-0.15, -0.1) is 0 Å². The Hall–Kier alpha value is -2.10. The Morgan fingerprint density at radius 1 is 1.15 bits per heavy atom. The van der Waals surface area contributed by atoms with E-state index in [4.69, 9.17) is 4.74 Å². The molecular formula is C16H16F2O2. The summed E-state index contributed by atoms with van der Waals surface area (Å²) in [6, 6.07) is 10.8. The van der Waals surface area contributed by atoms with Crippen LogP contribution in [0.25, 0.3) is 0 Å². The minimum absolute atomic E-state index is 0.104. The topological polar surface area (TPSA) is 29.5 Å². The van der Waals surface area contributed by atoms with Gasteiger partial charge in [0.15, 0.2) is 0 Å². The SMILES string of the molecule is Cc1cc(OCc2ccccc2)c(C(F)F)c(C)c1O. The van der Waals surface area contributed by atoms with Crippen LogP contribution in [0.4, 0.5) is 8.78 Å². The molecule has 0 spiro atoms. The van der Waals surface area contributed by atoms with Crippen LogP contribution in [0, 0.1) is 13.8 Å². The number of rotatable bonds is 4. The lowest BCUT2D eigenvalue weighted by Gasteiger charge is -2.16. The fraction of sp³-hybridized carbons (Fsp3) is 0.250. The molecule has 2 nitrogen and oxygen atoms in total. The van der Waals surface area contributed by atoms with Crippen LogP contribution in [0.15, 0.2) is 36.4 Å². The van der Waals surface area contributed by atoms with Crippen LogP contribution in [-0.2, 0) is 6.61 Å². The summed E-state index contributed by atoms with van der Waals surface area (Å²) in [7, 11) is 0. The summed E-state index contributed by atoms with van der Waals surface area (Å²) < 4.78 is 31.8. The number of benzene rings is 2. The molecule has 2 rings (SSSR count). The third kappa shape index (κ3) is 2.90. The molecule has 0 saturated carbocycles. The second kappa shape index (κ2) is 5.90. The van der Waals surface area contributed by atoms with Crippen LogP contribution >= 0.6 is 0 Å². The molecule has 0 atom stereocenters. The minimum Gasteiger partial charge on any atom is -0.507 e. The number of aromatic hydroxyl groups is 1. The first-order valence-corrected chi connectivity index (χ1v) is 6.28. The van der Waals surface area contributed by atoms with E-state index >= 15 is 0 Å². The van der Waals surface area contributed by atoms with E-state index in [2.05, 4.69) is 0 Å². The van der Waals surface area contributed by atoms with Crippen LogP contribution < -0.4 is 4.74 Å². The van der Waals surface area contributed by atoms with Gasteiger partial charge >= 0.3 is 0 Å². The highest BCUT2D eigenvalue weighted by Crippen LogP contribution is 2.38. The van der Waals surface area contributed by atoms with Gasteiger partial charge in [-0.05, 0) is 31.0 Å². The smallest absolute Gasteiger partial charge is 0.267 e. The highest BCUT2D eigenvalue weighted by molar-refractivity contribution is 5.52. The van der Waals surface area contributed by atoms with Crippen LogP contribution in [-0.4, -0.2) is 5.11 Å². The quantitative estimate of drug-likeness (QED) is 0.890. The number of ether oxygens (including phenoxy) is 1. The van der Waals surface area contributed by atoms with Gasteiger partial charge in [0, 0.05) is 5.56 Å². The van der Waals surface area contributed by atoms with E-state index in [1.807, 2.05) is 30.3 Å². The predicted octanol–water partition coefficient (Wildman–Crippen LogP) is 4.53. The molecule has 0 aromatic heterocycles. The molecular weight excluding hydrogens is 262 g/mol. The van der Waals surface area contributed by atoms with Crippen molar-refractivity contribution in [2.75, 3.05) is 0 Å². The van der Waals surface area contributed by atoms with Crippen molar-refractivity contribution in [1.29, 1.82) is 0 Å². The van der Waals surface area contributed by atoms with Crippen molar-refractivity contribution < 1.29 is 18.6 Å². The van der Waals surface area contributed by atoms with Gasteiger partial charge in [-0.25, -0.2) is 8.78 Å². The third-order valence-electron chi connectivity index (χ3n) is 3.20. The van der Waals surface area contributed by atoms with E-state index in [1.54, 1.807) is 6.92 Å². The van der Waals surface area contributed by atoms with Crippen molar-refractivity contribution in [2.45, 2.75) is 26.9 Å². The first-order valence-electron chi connectivity index (χ1n) is 6.28. The monoisotopic (exact) mass is 278 g/mol. The van der Waals surface area contributed by atoms with Gasteiger partial charge in [0.05, 0.1) is 5.56 Å². The molecule has 0 aliphatic rings. The maximum absolute atomic E-state index is 13.1. The van der Waals surface area contributed by atoms with Gasteiger partial charge < -0.3 is 9.84 Å². The zero-order valence-corrected chi connectivity index (χ0v) is 11.4. The molecule has 20 heavy (non-hydrogen) atoms. The number of phenols is 1. The fourth-order valence-electron chi connectivity index (χ4n) is 2.08. The lowest BCUT2D eigenvalue weighted by atomic mass is 10.0. The van der Waals surface area contributed by atoms with Gasteiger partial charge in [-0.3, -0.25) is 0 Å². The molecule has 0 fully saturated rings. The molecule has 0 bridgehead atoms. The van der Waals surface area contributed by atoms with Crippen molar-refractivity contribution >= 4 is 0 Å². The Labute approximate surface area is 116 Å². The van der Waals surface area contributed by atoms with Crippen molar-refractivity contribution in [3.63, 3.8) is 0 Å². The number of hydrogen-bond donors (Lipinski definition) is 1. The Balaban J connectivity index is 2.31. The zero-order valence-electron chi connectivity index (χ0n) is 11.4. The van der Waals surface area contributed by atoms with Crippen LogP contribution in [0.3, 0.4) is 0 Å². The van der Waals surface area contributed by atoms with E-state index in [0.717, 1.165) is 5.56 Å². The summed E-state index contributed by atoms with van der Waals surface area (Å²) in [5.41, 5.74) is 1.35. The van der Waals surface area contributed by atoms with Crippen molar-refractivity contribution in [3.8, 4) is 11.5 Å². The Morgan fingerprint density at radius 2 is 1.80 bits per heavy atom. The van der Waals surface area contributed by atoms with Gasteiger partial charge in [0.25, 0.3) is 6.43 Å². The standard InChI is InChI=1S/C16H16F2O2/c1-10-8-13(14(16(17)18)11(2)15(10)19)20-9-12-6-4-3-5-7-12/h3-8,16,19H,9H2,1-2H3. The molecule has 0 aliphatic carbocycles. The molecule has 2 aromatic carbocycles. The first kappa shape index (κ1) is 14.3. The Bertz CT molecular complexity index is 595. The Kier molecular flexibility index (Phi) is 4.23. The molecule has 0 unspecified atom stereocenters. The largest absolute Gasteiger partial charge is 0.507 e. The summed E-state index contributed by atoms with van der Waals surface area (Å²) in [5.74, 6) is 0.0176. The lowest BCUT2D eigenvalue weighted by molar-refractivity contribution is 0.143. The minimum atomic E-state index is -2.69. The molecule has 0 heterocycles. The second-order valence-corrected chi connectivity index (χ2v) is 4.65. The third-order valence-corrected chi connectivity index (χ3v) is 3.20. The number of alkyl halides is 2. The lowest BCUT2D eigenvalue weighted by Crippen LogP contribution is -2.02. The van der Waals surface area contributed by atoms with Gasteiger partial charge in [-0.1, -0.05) is 30.3 Å². The summed E-state index contributed by atoms with van der Waals surface area (Å²) in [4.78, 5) is 0. The second-order valence-electron chi connectivity index (χ2n) is 4.65. The fourth-order valence-corrected chi connectivity index (χ4v) is 2.08. The van der Waals surface area contributed by atoms with Crippen LogP contribution in [0.1, 0.15) is 28.7 Å². The highest BCUT2D eigenvalue weighted by Gasteiger charge is 2.21. The summed E-state index contributed by atoms with van der Waals surface area (Å²) in [6.07, 6.45) is -2.69. The predicted molar refractivity (Wildman–Crippen MR) is 73.3 cm³/mol. The number of halogens is 2. The summed E-state index contributed by atoms with van der Waals surface area (Å²) in [6.45, 7) is 3.34. The van der Waals surface area contributed by atoms with E-state index in [-0.39, 0.29) is 29.2 Å². The summed E-state index contributed by atoms with van der Waals surface area (Å²) >= 11 is 0. The van der Waals surface area contributed by atoms with E-state index in [1.165, 1.54) is 13.0 Å². The average molecular weight is 278 g/mol. The Morgan fingerprint density at radius 3 is 2.40 bits per heavy atom. The molecule has 2 aromatic rings. The summed E-state index contributed by atoms with van der Waals surface area (Å²) in [5, 5.41) is 9.76. The molecule has 0 aliphatic heterocycles. The van der Waals surface area contributed by atoms with Crippen molar-refractivity contribution in [2.24, 2.45) is 0 Å². The van der Waals surface area contributed by atoms with Crippen molar-refractivity contribution in [3.05, 3.63) is 58.7 Å². The zero-order chi connectivity index (χ0) is 14.7. The normalized spacial score (nSPS) is 10.8. The average Bonchev–Trinajstić information content (AvgIpc) is 2.43. The van der Waals surface area contributed by atoms with E-state index < -0.39 is 6.43 Å². The molecule has 0 amide bonds. The highest BCUT2D eigenvalue weighted by atomic mass is 19.3. The number of phenolic OH excluding ortho intramolecular Hbond substituents is 1. The molecule has 106 valence electrons. The van der Waals surface area contributed by atoms with Crippen LogP contribution in [0.2, 0.25) is 0 Å².